The van der Waals surface area contributed by atoms with Gasteiger partial charge in [-0.2, -0.15) is 4.31 Å². The Balaban J connectivity index is 2.12. The second-order valence-electron chi connectivity index (χ2n) is 5.76. The second-order valence-corrected chi connectivity index (χ2v) is 7.70. The van der Waals surface area contributed by atoms with Crippen LogP contribution in [0.15, 0.2) is 40.8 Å². The Kier molecular flexibility index (Phi) is 5.54. The third kappa shape index (κ3) is 4.39. The Morgan fingerprint density at radius 3 is 2.35 bits per heavy atom. The standard InChI is InChI=1S/C16H21FN2O3S/c1-13(2)12-16(20)18-8-3-9-19(11-10-18)23(21,22)15-6-4-14(17)5-7-15/h4-7,12H,3,8-11H2,1-2H3. The minimum absolute atomic E-state index is 0.0722. The summed E-state index contributed by atoms with van der Waals surface area (Å²) in [6.07, 6.45) is 2.13. The number of benzene rings is 1. The van der Waals surface area contributed by atoms with E-state index < -0.39 is 15.8 Å². The van der Waals surface area contributed by atoms with Gasteiger partial charge in [0.25, 0.3) is 0 Å². The lowest BCUT2D eigenvalue weighted by Crippen LogP contribution is -2.36. The SMILES string of the molecule is CC(C)=CC(=O)N1CCCN(S(=O)(=O)c2ccc(F)cc2)CC1. The van der Waals surface area contributed by atoms with E-state index in [4.69, 9.17) is 0 Å². The molecule has 23 heavy (non-hydrogen) atoms. The maximum atomic E-state index is 13.0. The second kappa shape index (κ2) is 7.23. The minimum atomic E-state index is -3.66. The Morgan fingerprint density at radius 2 is 1.74 bits per heavy atom. The van der Waals surface area contributed by atoms with Crippen LogP contribution in [0.3, 0.4) is 0 Å². The van der Waals surface area contributed by atoms with Gasteiger partial charge in [0.2, 0.25) is 15.9 Å². The Bertz CT molecular complexity index is 695. The average Bonchev–Trinajstić information content (AvgIpc) is 2.73. The zero-order valence-corrected chi connectivity index (χ0v) is 14.1. The largest absolute Gasteiger partial charge is 0.338 e. The third-order valence-corrected chi connectivity index (χ3v) is 5.54. The summed E-state index contributed by atoms with van der Waals surface area (Å²) >= 11 is 0. The lowest BCUT2D eigenvalue weighted by Gasteiger charge is -2.21. The monoisotopic (exact) mass is 340 g/mol. The molecule has 0 N–H and O–H groups in total. The van der Waals surface area contributed by atoms with Gasteiger partial charge >= 0.3 is 0 Å². The van der Waals surface area contributed by atoms with Crippen LogP contribution < -0.4 is 0 Å². The highest BCUT2D eigenvalue weighted by atomic mass is 32.2. The van der Waals surface area contributed by atoms with Crippen molar-refractivity contribution in [2.45, 2.75) is 25.2 Å². The van der Waals surface area contributed by atoms with Crippen LogP contribution in [0.25, 0.3) is 0 Å². The van der Waals surface area contributed by atoms with Gasteiger partial charge < -0.3 is 4.90 Å². The molecule has 1 heterocycles. The lowest BCUT2D eigenvalue weighted by atomic mass is 10.3. The predicted octanol–water partition coefficient (Wildman–Crippen LogP) is 2.01. The summed E-state index contributed by atoms with van der Waals surface area (Å²) in [5.74, 6) is -0.565. The molecule has 0 aliphatic carbocycles. The maximum Gasteiger partial charge on any atom is 0.246 e. The molecule has 0 spiro atoms. The number of carbonyl (C=O) groups is 1. The van der Waals surface area contributed by atoms with Crippen LogP contribution in [-0.2, 0) is 14.8 Å². The van der Waals surface area contributed by atoms with Crippen molar-refractivity contribution in [2.75, 3.05) is 26.2 Å². The molecule has 2 rings (SSSR count). The summed E-state index contributed by atoms with van der Waals surface area (Å²) in [6, 6.07) is 4.80. The molecular formula is C16H21FN2O3S. The first-order chi connectivity index (χ1) is 10.8. The molecule has 1 aliphatic heterocycles. The first-order valence-corrected chi connectivity index (χ1v) is 8.94. The molecule has 1 amide bonds. The number of rotatable bonds is 3. The molecule has 0 unspecified atom stereocenters. The van der Waals surface area contributed by atoms with E-state index in [9.17, 15) is 17.6 Å². The molecule has 126 valence electrons. The molecule has 1 saturated heterocycles. The van der Waals surface area contributed by atoms with E-state index in [-0.39, 0.29) is 17.3 Å². The first kappa shape index (κ1) is 17.6. The van der Waals surface area contributed by atoms with Gasteiger partial charge in [-0.15, -0.1) is 0 Å². The fourth-order valence-corrected chi connectivity index (χ4v) is 3.92. The Hall–Kier alpha value is -1.73. The number of nitrogens with zero attached hydrogens (tertiary/aromatic N) is 2. The smallest absolute Gasteiger partial charge is 0.246 e. The van der Waals surface area contributed by atoms with Crippen molar-refractivity contribution < 1.29 is 17.6 Å². The third-order valence-electron chi connectivity index (χ3n) is 3.63. The van der Waals surface area contributed by atoms with Gasteiger partial charge in [-0.1, -0.05) is 5.57 Å². The van der Waals surface area contributed by atoms with Crippen molar-refractivity contribution in [3.05, 3.63) is 41.7 Å². The van der Waals surface area contributed by atoms with Crippen molar-refractivity contribution in [1.82, 2.24) is 9.21 Å². The molecule has 0 atom stereocenters. The van der Waals surface area contributed by atoms with Gasteiger partial charge in [-0.05, 0) is 44.5 Å². The number of allylic oxidation sites excluding steroid dienone is 1. The van der Waals surface area contributed by atoms with E-state index in [1.165, 1.54) is 16.4 Å². The number of halogens is 1. The predicted molar refractivity (Wildman–Crippen MR) is 85.8 cm³/mol. The van der Waals surface area contributed by atoms with E-state index in [2.05, 4.69) is 0 Å². The molecule has 0 saturated carbocycles. The van der Waals surface area contributed by atoms with Crippen molar-refractivity contribution >= 4 is 15.9 Å². The molecular weight excluding hydrogens is 319 g/mol. The van der Waals surface area contributed by atoms with E-state index in [0.717, 1.165) is 17.7 Å². The summed E-state index contributed by atoms with van der Waals surface area (Å²) in [5, 5.41) is 0. The normalized spacial score (nSPS) is 16.7. The Labute approximate surface area is 136 Å². The lowest BCUT2D eigenvalue weighted by molar-refractivity contribution is -0.125. The van der Waals surface area contributed by atoms with Crippen molar-refractivity contribution in [3.63, 3.8) is 0 Å². The number of amides is 1. The fraction of sp³-hybridized carbons (Fsp3) is 0.438. The summed E-state index contributed by atoms with van der Waals surface area (Å²) in [5.41, 5.74) is 0.912. The molecule has 0 bridgehead atoms. The van der Waals surface area contributed by atoms with Gasteiger partial charge in [-0.3, -0.25) is 4.79 Å². The molecule has 1 aromatic carbocycles. The van der Waals surface area contributed by atoms with Crippen LogP contribution in [0.4, 0.5) is 4.39 Å². The van der Waals surface area contributed by atoms with Gasteiger partial charge in [0.15, 0.2) is 0 Å². The number of hydrogen-bond donors (Lipinski definition) is 0. The van der Waals surface area contributed by atoms with Crippen LogP contribution in [0, 0.1) is 5.82 Å². The van der Waals surface area contributed by atoms with Crippen LogP contribution in [0.1, 0.15) is 20.3 Å². The van der Waals surface area contributed by atoms with Gasteiger partial charge in [0, 0.05) is 32.3 Å². The Morgan fingerprint density at radius 1 is 1.09 bits per heavy atom. The highest BCUT2D eigenvalue weighted by Crippen LogP contribution is 2.18. The van der Waals surface area contributed by atoms with Crippen molar-refractivity contribution in [3.8, 4) is 0 Å². The van der Waals surface area contributed by atoms with E-state index >= 15 is 0 Å². The van der Waals surface area contributed by atoms with Gasteiger partial charge in [0.05, 0.1) is 4.90 Å². The van der Waals surface area contributed by atoms with Crippen molar-refractivity contribution in [1.29, 1.82) is 0 Å². The fourth-order valence-electron chi connectivity index (χ4n) is 2.45. The molecule has 0 aromatic heterocycles. The molecule has 7 heteroatoms. The topological polar surface area (TPSA) is 57.7 Å². The molecule has 1 fully saturated rings. The summed E-state index contributed by atoms with van der Waals surface area (Å²) < 4.78 is 39.5. The molecule has 0 radical (unpaired) electrons. The maximum absolute atomic E-state index is 13.0. The highest BCUT2D eigenvalue weighted by Gasteiger charge is 2.27. The van der Waals surface area contributed by atoms with E-state index in [1.807, 2.05) is 13.8 Å². The number of carbonyl (C=O) groups excluding carboxylic acids is 1. The van der Waals surface area contributed by atoms with E-state index in [0.29, 0.717) is 26.1 Å². The van der Waals surface area contributed by atoms with Crippen LogP contribution >= 0.6 is 0 Å². The summed E-state index contributed by atoms with van der Waals surface area (Å²) in [4.78, 5) is 13.8. The number of sulfonamides is 1. The van der Waals surface area contributed by atoms with Gasteiger partial charge in [0.1, 0.15) is 5.82 Å². The quantitative estimate of drug-likeness (QED) is 0.791. The average molecular weight is 340 g/mol. The van der Waals surface area contributed by atoms with Crippen molar-refractivity contribution in [2.24, 2.45) is 0 Å². The summed E-state index contributed by atoms with van der Waals surface area (Å²) in [6.45, 7) is 5.16. The first-order valence-electron chi connectivity index (χ1n) is 7.50. The minimum Gasteiger partial charge on any atom is -0.338 e. The van der Waals surface area contributed by atoms with Crippen LogP contribution in [0.2, 0.25) is 0 Å². The number of hydrogen-bond acceptors (Lipinski definition) is 3. The molecule has 1 aromatic rings. The highest BCUT2D eigenvalue weighted by molar-refractivity contribution is 7.89. The molecule has 5 nitrogen and oxygen atoms in total. The van der Waals surface area contributed by atoms with Crippen LogP contribution in [0.5, 0.6) is 0 Å². The van der Waals surface area contributed by atoms with Crippen LogP contribution in [-0.4, -0.2) is 49.7 Å². The zero-order chi connectivity index (χ0) is 17.0. The molecule has 1 aliphatic rings. The van der Waals surface area contributed by atoms with Gasteiger partial charge in [-0.25, -0.2) is 12.8 Å². The van der Waals surface area contributed by atoms with E-state index in [1.54, 1.807) is 11.0 Å². The summed E-state index contributed by atoms with van der Waals surface area (Å²) in [7, 11) is -3.66. The zero-order valence-electron chi connectivity index (χ0n) is 13.3.